The second-order valence-corrected chi connectivity index (χ2v) is 13.2. The van der Waals surface area contributed by atoms with Crippen molar-refractivity contribution in [2.75, 3.05) is 31.6 Å². The maximum Gasteiger partial charge on any atom is 0.290 e. The number of likely N-dealkylation sites (tertiary alicyclic amines) is 1. The summed E-state index contributed by atoms with van der Waals surface area (Å²) in [5, 5.41) is 8.15. The third-order valence-corrected chi connectivity index (χ3v) is 10.3. The van der Waals surface area contributed by atoms with E-state index in [4.69, 9.17) is 26.2 Å². The first-order chi connectivity index (χ1) is 20.1. The summed E-state index contributed by atoms with van der Waals surface area (Å²) in [7, 11) is -2.27. The highest BCUT2D eigenvalue weighted by atomic mass is 35.5. The number of carboxylic acid groups (broad SMARTS) is 1. The van der Waals surface area contributed by atoms with Crippen molar-refractivity contribution in [3.05, 3.63) is 71.5 Å². The number of nitrogens with zero attached hydrogens (tertiary/aromatic N) is 4. The molecule has 0 aliphatic carbocycles. The molecular weight excluding hydrogens is 609 g/mol. The van der Waals surface area contributed by atoms with E-state index in [2.05, 4.69) is 14.6 Å². The van der Waals surface area contributed by atoms with Gasteiger partial charge in [-0.2, -0.15) is 4.72 Å². The summed E-state index contributed by atoms with van der Waals surface area (Å²) in [6.45, 7) is 2.18. The van der Waals surface area contributed by atoms with E-state index in [0.29, 0.717) is 17.3 Å². The molecule has 0 saturated carbocycles. The molecule has 0 radical (unpaired) electrons. The number of hydrogen-bond acceptors (Lipinski definition) is 8. The first-order valence-corrected chi connectivity index (χ1v) is 15.5. The number of rotatable bonds is 8. The second-order valence-electron chi connectivity index (χ2n) is 9.71. The predicted octanol–water partition coefficient (Wildman–Crippen LogP) is 3.49. The lowest BCUT2D eigenvalue weighted by Gasteiger charge is -2.37. The van der Waals surface area contributed by atoms with Gasteiger partial charge in [0.1, 0.15) is 21.9 Å². The zero-order chi connectivity index (χ0) is 30.0. The normalized spacial score (nSPS) is 17.7. The summed E-state index contributed by atoms with van der Waals surface area (Å²) < 4.78 is 51.9. The molecule has 0 bridgehead atoms. The third-order valence-electron chi connectivity index (χ3n) is 7.07. The molecular formula is C27H27ClFN5O6S2. The lowest BCUT2D eigenvalue weighted by Crippen LogP contribution is -2.51. The molecule has 2 saturated heterocycles. The van der Waals surface area contributed by atoms with Gasteiger partial charge in [0.15, 0.2) is 0 Å². The minimum atomic E-state index is -3.96. The highest BCUT2D eigenvalue weighted by Crippen LogP contribution is 2.32. The molecule has 222 valence electrons. The molecule has 4 heterocycles. The maximum atomic E-state index is 15.3. The van der Waals surface area contributed by atoms with Gasteiger partial charge >= 0.3 is 0 Å². The summed E-state index contributed by atoms with van der Waals surface area (Å²) >= 11 is 7.10. The van der Waals surface area contributed by atoms with Crippen LogP contribution in [0.15, 0.2) is 59.1 Å². The van der Waals surface area contributed by atoms with Gasteiger partial charge in [-0.1, -0.05) is 17.7 Å². The van der Waals surface area contributed by atoms with Crippen molar-refractivity contribution in [1.82, 2.24) is 19.2 Å². The molecule has 2 aliphatic heterocycles. The second kappa shape index (κ2) is 12.5. The van der Waals surface area contributed by atoms with E-state index in [-0.39, 0.29) is 35.4 Å². The Morgan fingerprint density at radius 3 is 2.71 bits per heavy atom. The van der Waals surface area contributed by atoms with Gasteiger partial charge in [-0.15, -0.1) is 11.3 Å². The summed E-state index contributed by atoms with van der Waals surface area (Å²) in [5.74, 6) is -0.302. The van der Waals surface area contributed by atoms with Crippen LogP contribution >= 0.6 is 22.9 Å². The number of fused-ring (bicyclic) bond motifs is 1. The zero-order valence-corrected chi connectivity index (χ0v) is 24.7. The highest BCUT2D eigenvalue weighted by Gasteiger charge is 2.37. The average molecular weight is 636 g/mol. The Kier molecular flexibility index (Phi) is 8.92. The molecule has 42 heavy (non-hydrogen) atoms. The van der Waals surface area contributed by atoms with Crippen molar-refractivity contribution >= 4 is 61.1 Å². The number of anilines is 1. The lowest BCUT2D eigenvalue weighted by atomic mass is 10.1. The molecule has 1 unspecified atom stereocenters. The highest BCUT2D eigenvalue weighted by molar-refractivity contribution is 7.91. The molecule has 2 fully saturated rings. The number of thiophene rings is 1. The number of sulfonamides is 1. The van der Waals surface area contributed by atoms with Crippen LogP contribution in [-0.2, 0) is 30.9 Å². The van der Waals surface area contributed by atoms with Crippen LogP contribution < -0.4 is 9.62 Å². The van der Waals surface area contributed by atoms with Gasteiger partial charge in [0, 0.05) is 60.6 Å². The first-order valence-electron chi connectivity index (χ1n) is 12.8. The van der Waals surface area contributed by atoms with Crippen molar-refractivity contribution in [2.24, 2.45) is 0 Å². The van der Waals surface area contributed by atoms with Gasteiger partial charge in [-0.3, -0.25) is 14.5 Å². The Labute approximate surface area is 250 Å². The largest absolute Gasteiger partial charge is 0.483 e. The fourth-order valence-electron chi connectivity index (χ4n) is 4.94. The van der Waals surface area contributed by atoms with Crippen LogP contribution in [0.4, 0.5) is 10.1 Å². The van der Waals surface area contributed by atoms with E-state index in [0.717, 1.165) is 40.3 Å². The Hall–Kier alpha value is -3.40. The van der Waals surface area contributed by atoms with Crippen molar-refractivity contribution in [1.29, 1.82) is 0 Å². The van der Waals surface area contributed by atoms with Crippen molar-refractivity contribution in [3.63, 3.8) is 0 Å². The van der Waals surface area contributed by atoms with Gasteiger partial charge in [0.25, 0.3) is 16.5 Å². The molecule has 15 heteroatoms. The maximum absolute atomic E-state index is 15.3. The summed E-state index contributed by atoms with van der Waals surface area (Å²) in [6, 6.07) is 10.3. The quantitative estimate of drug-likeness (QED) is 0.281. The SMILES string of the molecule is COC1CN(Cc2nccn2-c2ccc(N3CCC(NS(=O)(=O)c4cc5ccc(Cl)cc5s4)C3=O)c(F)c2)C1.O=CO. The molecule has 0 spiro atoms. The monoisotopic (exact) mass is 635 g/mol. The van der Waals surface area contributed by atoms with Crippen LogP contribution in [0, 0.1) is 5.82 Å². The number of aromatic nitrogens is 2. The van der Waals surface area contributed by atoms with Crippen LogP contribution in [0.2, 0.25) is 5.02 Å². The van der Waals surface area contributed by atoms with Crippen molar-refractivity contribution in [2.45, 2.75) is 29.3 Å². The van der Waals surface area contributed by atoms with E-state index in [9.17, 15) is 13.2 Å². The molecule has 1 amide bonds. The van der Waals surface area contributed by atoms with Crippen LogP contribution in [0.25, 0.3) is 15.8 Å². The Balaban J connectivity index is 0.00000113. The van der Waals surface area contributed by atoms with E-state index in [1.54, 1.807) is 55.9 Å². The molecule has 2 aliphatic rings. The average Bonchev–Trinajstić information content (AvgIpc) is 3.65. The van der Waals surface area contributed by atoms with E-state index >= 15 is 4.39 Å². The predicted molar refractivity (Wildman–Crippen MR) is 156 cm³/mol. The smallest absolute Gasteiger partial charge is 0.290 e. The molecule has 2 aromatic heterocycles. The summed E-state index contributed by atoms with van der Waals surface area (Å²) in [6.07, 6.45) is 3.88. The molecule has 11 nitrogen and oxygen atoms in total. The molecule has 2 N–H and O–H groups in total. The van der Waals surface area contributed by atoms with Gasteiger partial charge in [0.2, 0.25) is 5.91 Å². The third kappa shape index (κ3) is 6.19. The van der Waals surface area contributed by atoms with Crippen LogP contribution in [0.5, 0.6) is 0 Å². The summed E-state index contributed by atoms with van der Waals surface area (Å²) in [4.78, 5) is 29.4. The Bertz CT molecular complexity index is 1720. The molecule has 1 atom stereocenters. The molecule has 2 aromatic carbocycles. The number of hydrogen-bond donors (Lipinski definition) is 2. The molecule has 6 rings (SSSR count). The number of nitrogens with one attached hydrogen (secondary N) is 1. The van der Waals surface area contributed by atoms with Gasteiger partial charge < -0.3 is 19.3 Å². The zero-order valence-electron chi connectivity index (χ0n) is 22.3. The minimum Gasteiger partial charge on any atom is -0.483 e. The van der Waals surface area contributed by atoms with Gasteiger partial charge in [0.05, 0.1) is 18.3 Å². The van der Waals surface area contributed by atoms with E-state index < -0.39 is 27.8 Å². The number of imidazole rings is 1. The fraction of sp³-hybridized carbons (Fsp3) is 0.296. The van der Waals surface area contributed by atoms with Crippen LogP contribution in [0.1, 0.15) is 12.2 Å². The number of ether oxygens (including phenoxy) is 1. The van der Waals surface area contributed by atoms with E-state index in [1.165, 1.54) is 11.0 Å². The van der Waals surface area contributed by atoms with Crippen molar-refractivity contribution in [3.8, 4) is 5.69 Å². The number of methoxy groups -OCH3 is 1. The fourth-order valence-corrected chi connectivity index (χ4v) is 7.85. The number of halogens is 2. The standard InChI is InChI=1S/C26H25ClFN5O4S2.CH2O2/c1-37-19-13-31(14-19)15-24-29-7-9-32(24)18-4-5-22(20(28)12-18)33-8-6-21(26(33)34)30-39(35,36)25-10-16-2-3-17(27)11-23(16)38-25;2-1-3/h2-5,7,9-12,19,21,30H,6,8,13-15H2,1H3;1H,(H,2,3). The number of carbonyl (C=O) groups excluding carboxylic acids is 1. The first kappa shape index (κ1) is 30.1. The minimum absolute atomic E-state index is 0.0913. The van der Waals surface area contributed by atoms with Gasteiger partial charge in [-0.25, -0.2) is 17.8 Å². The number of amides is 1. The lowest BCUT2D eigenvalue weighted by molar-refractivity contribution is -0.123. The number of benzene rings is 2. The topological polar surface area (TPSA) is 134 Å². The molecule has 4 aromatic rings. The Morgan fingerprint density at radius 2 is 2.00 bits per heavy atom. The van der Waals surface area contributed by atoms with Gasteiger partial charge in [-0.05, 0) is 42.1 Å². The summed E-state index contributed by atoms with van der Waals surface area (Å²) in [5.41, 5.74) is 0.690. The Morgan fingerprint density at radius 1 is 1.24 bits per heavy atom. The van der Waals surface area contributed by atoms with Crippen molar-refractivity contribution < 1.29 is 32.2 Å². The van der Waals surface area contributed by atoms with Crippen LogP contribution in [-0.4, -0.2) is 79.2 Å². The van der Waals surface area contributed by atoms with Crippen LogP contribution in [0.3, 0.4) is 0 Å². The van der Waals surface area contributed by atoms with E-state index in [1.807, 2.05) is 4.57 Å². The number of carbonyl (C=O) groups is 2.